The molecule has 110 valence electrons. The lowest BCUT2D eigenvalue weighted by molar-refractivity contribution is 0.0749. The summed E-state index contributed by atoms with van der Waals surface area (Å²) in [5.74, 6) is -0.848. The average molecular weight is 314 g/mol. The van der Waals surface area contributed by atoms with Crippen molar-refractivity contribution in [2.24, 2.45) is 0 Å². The molecule has 0 bridgehead atoms. The van der Waals surface area contributed by atoms with Crippen molar-refractivity contribution in [2.45, 2.75) is 6.54 Å². The second-order valence-corrected chi connectivity index (χ2v) is 5.02. The molecule has 0 aliphatic heterocycles. The van der Waals surface area contributed by atoms with E-state index in [2.05, 4.69) is 4.29 Å². The van der Waals surface area contributed by atoms with Crippen molar-refractivity contribution >= 4 is 28.7 Å². The van der Waals surface area contributed by atoms with E-state index in [1.54, 1.807) is 12.1 Å². The molecule has 0 unspecified atom stereocenters. The van der Waals surface area contributed by atoms with Crippen LogP contribution in [0.5, 0.6) is 0 Å². The van der Waals surface area contributed by atoms with Crippen molar-refractivity contribution in [1.29, 1.82) is 0 Å². The Bertz CT molecular complexity index is 887. The fourth-order valence-electron chi connectivity index (χ4n) is 2.44. The van der Waals surface area contributed by atoms with E-state index < -0.39 is 5.97 Å². The first kappa shape index (κ1) is 14.4. The maximum absolute atomic E-state index is 12.4. The van der Waals surface area contributed by atoms with Gasteiger partial charge in [0.15, 0.2) is 0 Å². The van der Waals surface area contributed by atoms with Crippen LogP contribution in [0.3, 0.4) is 0 Å². The maximum Gasteiger partial charge on any atom is 0.361 e. The summed E-state index contributed by atoms with van der Waals surface area (Å²) in [6.45, 7) is 0.532. The number of rotatable bonds is 3. The molecule has 0 aliphatic rings. The van der Waals surface area contributed by atoms with Gasteiger partial charge in [0.25, 0.3) is 0 Å². The number of carbonyl (C=O) groups excluding carboxylic acids is 1. The smallest absolute Gasteiger partial charge is 0.343 e. The third-order valence-corrected chi connectivity index (χ3v) is 3.61. The zero-order valence-electron chi connectivity index (χ0n) is 11.5. The first-order chi connectivity index (χ1) is 10.7. The zero-order chi connectivity index (χ0) is 15.5. The van der Waals surface area contributed by atoms with Crippen LogP contribution in [-0.4, -0.2) is 10.5 Å². The molecular formula is C17H12ClNO3. The third kappa shape index (κ3) is 2.61. The van der Waals surface area contributed by atoms with E-state index in [1.807, 2.05) is 47.0 Å². The Labute approximate surface area is 131 Å². The Balaban J connectivity index is 2.22. The fraction of sp³-hybridized carbons (Fsp3) is 0.0588. The van der Waals surface area contributed by atoms with Gasteiger partial charge in [-0.05, 0) is 17.7 Å². The van der Waals surface area contributed by atoms with E-state index in [0.717, 1.165) is 11.1 Å². The minimum Gasteiger partial charge on any atom is -0.343 e. The number of aromatic nitrogens is 1. The second-order valence-electron chi connectivity index (χ2n) is 4.87. The molecule has 0 fully saturated rings. The van der Waals surface area contributed by atoms with Crippen LogP contribution in [-0.2, 0) is 10.8 Å². The number of nitrogens with zero attached hydrogens (tertiary/aromatic N) is 1. The van der Waals surface area contributed by atoms with Crippen molar-refractivity contribution in [3.8, 4) is 0 Å². The van der Waals surface area contributed by atoms with E-state index in [1.165, 1.54) is 6.20 Å². The van der Waals surface area contributed by atoms with Crippen LogP contribution in [0.1, 0.15) is 15.9 Å². The molecule has 1 aromatic heterocycles. The predicted octanol–water partition coefficient (Wildman–Crippen LogP) is 3.36. The van der Waals surface area contributed by atoms with E-state index in [-0.39, 0.29) is 11.0 Å². The largest absolute Gasteiger partial charge is 0.361 e. The molecule has 0 saturated heterocycles. The molecular weight excluding hydrogens is 302 g/mol. The molecule has 0 radical (unpaired) electrons. The SMILES string of the molecule is O=C(OCl)c1cn(Cc2ccccc2)c2ccccc2c1=O. The summed E-state index contributed by atoms with van der Waals surface area (Å²) in [7, 11) is 0. The van der Waals surface area contributed by atoms with Crippen molar-refractivity contribution in [3.63, 3.8) is 0 Å². The molecule has 0 spiro atoms. The summed E-state index contributed by atoms with van der Waals surface area (Å²) in [6.07, 6.45) is 1.49. The van der Waals surface area contributed by atoms with Gasteiger partial charge in [0, 0.05) is 18.1 Å². The van der Waals surface area contributed by atoms with Crippen LogP contribution in [0.4, 0.5) is 0 Å². The number of benzene rings is 2. The molecule has 0 amide bonds. The van der Waals surface area contributed by atoms with Crippen LogP contribution in [0.15, 0.2) is 65.6 Å². The van der Waals surface area contributed by atoms with Crippen molar-refractivity contribution in [3.05, 3.63) is 82.1 Å². The molecule has 3 aromatic rings. The molecule has 5 heteroatoms. The Morgan fingerprint density at radius 1 is 1.05 bits per heavy atom. The number of pyridine rings is 1. The lowest BCUT2D eigenvalue weighted by atomic mass is 10.1. The predicted molar refractivity (Wildman–Crippen MR) is 85.0 cm³/mol. The molecule has 2 aromatic carbocycles. The topological polar surface area (TPSA) is 48.3 Å². The highest BCUT2D eigenvalue weighted by molar-refractivity contribution is 6.16. The number of para-hydroxylation sites is 1. The molecule has 0 aliphatic carbocycles. The van der Waals surface area contributed by atoms with Crippen LogP contribution < -0.4 is 5.43 Å². The highest BCUT2D eigenvalue weighted by Gasteiger charge is 2.16. The molecule has 0 atom stereocenters. The maximum atomic E-state index is 12.4. The van der Waals surface area contributed by atoms with E-state index in [9.17, 15) is 9.59 Å². The van der Waals surface area contributed by atoms with Gasteiger partial charge >= 0.3 is 5.97 Å². The number of carbonyl (C=O) groups is 1. The monoisotopic (exact) mass is 313 g/mol. The number of hydrogen-bond donors (Lipinski definition) is 0. The van der Waals surface area contributed by atoms with Gasteiger partial charge in [-0.3, -0.25) is 4.79 Å². The number of hydrogen-bond acceptors (Lipinski definition) is 3. The second kappa shape index (κ2) is 6.03. The van der Waals surface area contributed by atoms with Gasteiger partial charge in [-0.1, -0.05) is 42.5 Å². The van der Waals surface area contributed by atoms with Gasteiger partial charge in [0.05, 0.1) is 5.52 Å². The molecule has 3 rings (SSSR count). The molecule has 0 N–H and O–H groups in total. The molecule has 22 heavy (non-hydrogen) atoms. The van der Waals surface area contributed by atoms with Crippen LogP contribution in [0.25, 0.3) is 10.9 Å². The summed E-state index contributed by atoms with van der Waals surface area (Å²) >= 11 is 5.12. The van der Waals surface area contributed by atoms with Crippen molar-refractivity contribution in [2.75, 3.05) is 0 Å². The van der Waals surface area contributed by atoms with Crippen LogP contribution >= 0.6 is 11.9 Å². The lowest BCUT2D eigenvalue weighted by Crippen LogP contribution is -2.19. The summed E-state index contributed by atoms with van der Waals surface area (Å²) in [6, 6.07) is 16.9. The van der Waals surface area contributed by atoms with E-state index in [4.69, 9.17) is 11.9 Å². The highest BCUT2D eigenvalue weighted by atomic mass is 35.5. The summed E-state index contributed by atoms with van der Waals surface area (Å²) in [5.41, 5.74) is 1.35. The number of halogens is 1. The Hall–Kier alpha value is -2.59. The van der Waals surface area contributed by atoms with Crippen molar-refractivity contribution < 1.29 is 9.08 Å². The van der Waals surface area contributed by atoms with Crippen LogP contribution in [0, 0.1) is 0 Å². The summed E-state index contributed by atoms with van der Waals surface area (Å²) in [5, 5.41) is 0.456. The number of fused-ring (bicyclic) bond motifs is 1. The first-order valence-electron chi connectivity index (χ1n) is 6.69. The van der Waals surface area contributed by atoms with E-state index in [0.29, 0.717) is 11.9 Å². The summed E-state index contributed by atoms with van der Waals surface area (Å²) in [4.78, 5) is 24.1. The quantitative estimate of drug-likeness (QED) is 0.745. The Morgan fingerprint density at radius 2 is 1.73 bits per heavy atom. The molecule has 1 heterocycles. The van der Waals surface area contributed by atoms with Gasteiger partial charge < -0.3 is 8.86 Å². The molecule has 0 saturated carbocycles. The average Bonchev–Trinajstić information content (AvgIpc) is 2.58. The summed E-state index contributed by atoms with van der Waals surface area (Å²) < 4.78 is 6.03. The fourth-order valence-corrected chi connectivity index (χ4v) is 2.53. The van der Waals surface area contributed by atoms with Gasteiger partial charge in [0.1, 0.15) is 17.4 Å². The minimum absolute atomic E-state index is 0.0790. The normalized spacial score (nSPS) is 10.6. The lowest BCUT2D eigenvalue weighted by Gasteiger charge is -2.12. The van der Waals surface area contributed by atoms with Crippen molar-refractivity contribution in [1.82, 2.24) is 4.57 Å². The third-order valence-electron chi connectivity index (χ3n) is 3.47. The molecule has 4 nitrogen and oxygen atoms in total. The standard InChI is InChI=1S/C17H12ClNO3/c18-22-17(21)14-11-19(10-12-6-2-1-3-7-12)15-9-5-4-8-13(15)16(14)20/h1-9,11H,10H2. The van der Waals surface area contributed by atoms with Gasteiger partial charge in [0.2, 0.25) is 5.43 Å². The minimum atomic E-state index is -0.848. The highest BCUT2D eigenvalue weighted by Crippen LogP contribution is 2.15. The first-order valence-corrected chi connectivity index (χ1v) is 7.00. The van der Waals surface area contributed by atoms with Gasteiger partial charge in [-0.15, -0.1) is 0 Å². The van der Waals surface area contributed by atoms with E-state index >= 15 is 0 Å². The van der Waals surface area contributed by atoms with Gasteiger partial charge in [-0.25, -0.2) is 4.79 Å². The van der Waals surface area contributed by atoms with Gasteiger partial charge in [-0.2, -0.15) is 0 Å². The van der Waals surface area contributed by atoms with Crippen LogP contribution in [0.2, 0.25) is 0 Å². The zero-order valence-corrected chi connectivity index (χ0v) is 12.3. The Kier molecular flexibility index (Phi) is 3.94. The Morgan fingerprint density at radius 3 is 2.45 bits per heavy atom.